The maximum absolute atomic E-state index is 12.2. The van der Waals surface area contributed by atoms with E-state index in [0.717, 1.165) is 27.2 Å². The third-order valence-electron chi connectivity index (χ3n) is 11.5. The number of hydrogen-bond acceptors (Lipinski definition) is 15. The van der Waals surface area contributed by atoms with Crippen LogP contribution in [-0.4, -0.2) is 148 Å². The van der Waals surface area contributed by atoms with E-state index in [4.69, 9.17) is 85.7 Å². The Morgan fingerprint density at radius 2 is 0.818 bits per heavy atom. The second kappa shape index (κ2) is 38.3. The van der Waals surface area contributed by atoms with Crippen LogP contribution >= 0.6 is 46.4 Å². The zero-order chi connectivity index (χ0) is 67.1. The number of hydrogen-bond donors (Lipinski definition) is 3. The van der Waals surface area contributed by atoms with Gasteiger partial charge in [0.2, 0.25) is 5.91 Å². The Kier molecular flexibility index (Phi) is 33.9. The van der Waals surface area contributed by atoms with Gasteiger partial charge in [-0.2, -0.15) is 10.5 Å². The quantitative estimate of drug-likeness (QED) is 0.0397. The van der Waals surface area contributed by atoms with Crippen molar-refractivity contribution in [3.05, 3.63) is 152 Å². The summed E-state index contributed by atoms with van der Waals surface area (Å²) >= 11 is 23.3. The third kappa shape index (κ3) is 32.6. The predicted octanol–water partition coefficient (Wildman–Crippen LogP) is 12.0. The molecule has 25 heteroatoms. The largest absolute Gasteiger partial charge is 0.480 e. The number of likely N-dealkylation sites (N-methyl/N-ethyl adjacent to an activating group) is 3. The minimum absolute atomic E-state index is 0.158. The minimum atomic E-state index is -1.12. The number of esters is 2. The highest BCUT2D eigenvalue weighted by molar-refractivity contribution is 6.31. The van der Waals surface area contributed by atoms with Gasteiger partial charge in [-0.3, -0.25) is 14.6 Å². The highest BCUT2D eigenvalue weighted by Gasteiger charge is 2.33. The molecule has 0 saturated carbocycles. The van der Waals surface area contributed by atoms with Gasteiger partial charge in [0, 0.05) is 73.3 Å². The summed E-state index contributed by atoms with van der Waals surface area (Å²) in [5, 5.41) is 40.2. The number of alkyl carbamates (subject to hydrolysis) is 1. The molecule has 4 aromatic carbocycles. The molecule has 0 aromatic heterocycles. The van der Waals surface area contributed by atoms with Crippen LogP contribution in [0.2, 0.25) is 20.1 Å². The van der Waals surface area contributed by atoms with Gasteiger partial charge in [-0.25, -0.2) is 33.6 Å². The molecule has 4 atom stereocenters. The van der Waals surface area contributed by atoms with Gasteiger partial charge in [0.05, 0.1) is 0 Å². The molecule has 0 unspecified atom stereocenters. The lowest BCUT2D eigenvalue weighted by Crippen LogP contribution is -2.46. The molecule has 0 aliphatic carbocycles. The number of ether oxygens (including phenoxy) is 5. The maximum Gasteiger partial charge on any atom is 0.410 e. The van der Waals surface area contributed by atoms with Crippen molar-refractivity contribution in [3.63, 3.8) is 0 Å². The first kappa shape index (κ1) is 77.9. The summed E-state index contributed by atoms with van der Waals surface area (Å²) in [4.78, 5) is 98.6. The lowest BCUT2D eigenvalue weighted by Gasteiger charge is -2.29. The van der Waals surface area contributed by atoms with E-state index >= 15 is 0 Å². The van der Waals surface area contributed by atoms with Crippen LogP contribution in [0.4, 0.5) is 14.4 Å². The van der Waals surface area contributed by atoms with E-state index in [1.165, 1.54) is 23.9 Å². The molecule has 4 rings (SSSR count). The molecule has 0 spiro atoms. The van der Waals surface area contributed by atoms with Crippen molar-refractivity contribution in [2.75, 3.05) is 34.4 Å². The summed E-state index contributed by atoms with van der Waals surface area (Å²) in [6.45, 7) is 18.4. The van der Waals surface area contributed by atoms with E-state index in [9.17, 15) is 43.5 Å². The number of nitriles is 2. The van der Waals surface area contributed by atoms with E-state index < -0.39 is 83.1 Å². The van der Waals surface area contributed by atoms with E-state index in [1.54, 1.807) is 185 Å². The molecule has 0 bridgehead atoms. The predicted molar refractivity (Wildman–Crippen MR) is 334 cm³/mol. The number of nitrogens with zero attached hydrogens (tertiary/aromatic N) is 5. The number of carbonyl (C=O) groups is 8. The molecule has 88 heavy (non-hydrogen) atoms. The molecular formula is C63H78Cl4N6O15. The Hall–Kier alpha value is -8.08. The van der Waals surface area contributed by atoms with Gasteiger partial charge in [0.25, 0.3) is 0 Å². The molecule has 0 fully saturated rings. The second-order valence-corrected chi connectivity index (χ2v) is 24.0. The van der Waals surface area contributed by atoms with Crippen LogP contribution in [0.5, 0.6) is 0 Å². The minimum Gasteiger partial charge on any atom is -0.480 e. The maximum atomic E-state index is 12.2. The van der Waals surface area contributed by atoms with Gasteiger partial charge in [0.1, 0.15) is 53.1 Å². The molecule has 478 valence electrons. The smallest absolute Gasteiger partial charge is 0.410 e. The van der Waals surface area contributed by atoms with Gasteiger partial charge >= 0.3 is 42.2 Å². The van der Waals surface area contributed by atoms with Crippen LogP contribution in [0.3, 0.4) is 0 Å². The Labute approximate surface area is 534 Å². The Morgan fingerprint density at radius 1 is 0.511 bits per heavy atom. The number of halogens is 4. The van der Waals surface area contributed by atoms with E-state index in [2.05, 4.69) is 11.9 Å². The van der Waals surface area contributed by atoms with Crippen molar-refractivity contribution in [3.8, 4) is 12.1 Å². The number of aliphatic carboxylic acids is 2. The Bertz CT molecular complexity index is 3010. The Balaban J connectivity index is 0.000000588. The standard InChI is InChI=1S/C17H21ClN2O4.C17H19ClN2O3.C15H20ClNO4.C14H18ClNO4/c1-17(2,3)24-16(22)20(4)14(15(21)23-10-9-19)11-12-5-7-13(18)8-6-12;1-3-4-5-16(21)20(2)15(17(22)23-11-10-19)12-13-6-8-14(18)9-7-13;1-15(2,3)21-14(20)17(4)12(13(18)19)9-10-5-7-11(16)8-6-10;1-14(2,3)20-13(19)16-11(12(17)18)8-9-4-6-10(15)7-5-9/h5-8,14H,10-11H2,1-4H3;3,6-9,15H,1,4-5,11-12H2,2H3;5-8,12H,9H2,1-4H3,(H,18,19);4-7,11H,8H2,1-3H3,(H,16,19)(H,17,18)/t14-;15-;12-;11-/m0000/s1. The molecule has 0 heterocycles. The lowest BCUT2D eigenvalue weighted by atomic mass is 10.0. The first-order valence-electron chi connectivity index (χ1n) is 27.2. The van der Waals surface area contributed by atoms with E-state index in [-0.39, 0.29) is 51.2 Å². The first-order valence-corrected chi connectivity index (χ1v) is 28.7. The van der Waals surface area contributed by atoms with Gasteiger partial charge in [-0.05, 0) is 140 Å². The number of benzene rings is 4. The van der Waals surface area contributed by atoms with Crippen LogP contribution in [0.25, 0.3) is 0 Å². The van der Waals surface area contributed by atoms with Gasteiger partial charge in [-0.15, -0.1) is 6.58 Å². The average molecular weight is 1300 g/mol. The third-order valence-corrected chi connectivity index (χ3v) is 12.5. The van der Waals surface area contributed by atoms with Gasteiger partial charge in [-0.1, -0.05) is 101 Å². The fourth-order valence-corrected chi connectivity index (χ4v) is 7.59. The normalized spacial score (nSPS) is 12.1. The van der Waals surface area contributed by atoms with Crippen molar-refractivity contribution >= 4 is 94.5 Å². The van der Waals surface area contributed by atoms with Crippen molar-refractivity contribution < 1.29 is 72.3 Å². The monoisotopic (exact) mass is 1300 g/mol. The molecule has 0 radical (unpaired) electrons. The first-order chi connectivity index (χ1) is 40.9. The number of amides is 4. The van der Waals surface area contributed by atoms with Crippen LogP contribution in [-0.2, 0) is 73.3 Å². The summed E-state index contributed by atoms with van der Waals surface area (Å²) in [5.74, 6) is -3.65. The number of nitrogens with one attached hydrogen (secondary N) is 1. The number of carboxylic acids is 2. The van der Waals surface area contributed by atoms with Crippen LogP contribution < -0.4 is 5.32 Å². The summed E-state index contributed by atoms with van der Waals surface area (Å²) in [5.41, 5.74) is 1.15. The van der Waals surface area contributed by atoms with Gasteiger partial charge in [0.15, 0.2) is 13.2 Å². The SMILES string of the molecule is C=CCCC(=O)N(C)[C@@H](Cc1ccc(Cl)cc1)C(=O)OCC#N.CC(C)(C)OC(=O)N[C@@H](Cc1ccc(Cl)cc1)C(=O)O.CN(C(=O)OC(C)(C)C)[C@@H](Cc1ccc(Cl)cc1)C(=O)O.CN(C(=O)OC(C)(C)C)[C@@H](Cc1ccc(Cl)cc1)C(=O)OCC#N. The van der Waals surface area contributed by atoms with Crippen LogP contribution in [0, 0.1) is 22.7 Å². The van der Waals surface area contributed by atoms with Crippen LogP contribution in [0.1, 0.15) is 97.4 Å². The molecule has 0 aliphatic rings. The fourth-order valence-electron chi connectivity index (χ4n) is 7.08. The number of rotatable bonds is 21. The molecule has 0 aliphatic heterocycles. The Morgan fingerprint density at radius 3 is 1.11 bits per heavy atom. The van der Waals surface area contributed by atoms with Crippen molar-refractivity contribution in [1.29, 1.82) is 10.5 Å². The summed E-state index contributed by atoms with van der Waals surface area (Å²) in [7, 11) is 4.44. The number of carboxylic acid groups (broad SMARTS) is 2. The van der Waals surface area contributed by atoms with E-state index in [0.29, 0.717) is 26.5 Å². The van der Waals surface area contributed by atoms with Crippen molar-refractivity contribution in [2.45, 2.75) is 142 Å². The molecule has 4 amide bonds. The number of allylic oxidation sites excluding steroid dienone is 1. The van der Waals surface area contributed by atoms with E-state index in [1.807, 2.05) is 0 Å². The van der Waals surface area contributed by atoms with Crippen molar-refractivity contribution in [1.82, 2.24) is 20.0 Å². The van der Waals surface area contributed by atoms with Gasteiger partial charge < -0.3 is 44.1 Å². The topological polar surface area (TPSA) is 292 Å². The molecular weight excluding hydrogens is 1220 g/mol. The molecule has 4 aromatic rings. The number of carbonyl (C=O) groups excluding carboxylic acids is 6. The summed E-state index contributed by atoms with van der Waals surface area (Å²) < 4.78 is 25.3. The molecule has 0 saturated heterocycles. The highest BCUT2D eigenvalue weighted by atomic mass is 35.5. The van der Waals surface area contributed by atoms with Crippen molar-refractivity contribution in [2.24, 2.45) is 0 Å². The molecule has 3 N–H and O–H groups in total. The summed E-state index contributed by atoms with van der Waals surface area (Å²) in [6.07, 6.45) is 1.24. The van der Waals surface area contributed by atoms with Crippen LogP contribution in [0.15, 0.2) is 110 Å². The highest BCUT2D eigenvalue weighted by Crippen LogP contribution is 2.20. The summed E-state index contributed by atoms with van der Waals surface area (Å²) in [6, 6.07) is 27.3. The molecule has 21 nitrogen and oxygen atoms in total. The fraction of sp³-hybridized carbons (Fsp3) is 0.429. The zero-order valence-electron chi connectivity index (χ0n) is 51.4. The second-order valence-electron chi connectivity index (χ2n) is 22.3. The lowest BCUT2D eigenvalue weighted by molar-refractivity contribution is -0.153. The zero-order valence-corrected chi connectivity index (χ0v) is 54.5. The average Bonchev–Trinajstić information content (AvgIpc) is 3.64.